The maximum Gasteiger partial charge on any atom is 0.301 e. The number of aliphatic hydroxyl groups excluding tert-OH is 1. The molecule has 1 saturated heterocycles. The van der Waals surface area contributed by atoms with E-state index < -0.39 is 17.7 Å². The number of carbonyl (C=O) groups is 2. The quantitative estimate of drug-likeness (QED) is 0.166. The summed E-state index contributed by atoms with van der Waals surface area (Å²) in [5.74, 6) is -0.694. The lowest BCUT2D eigenvalue weighted by Crippen LogP contribution is -2.29. The van der Waals surface area contributed by atoms with Gasteiger partial charge in [-0.25, -0.2) is 9.97 Å². The zero-order chi connectivity index (χ0) is 28.1. The van der Waals surface area contributed by atoms with E-state index in [-0.39, 0.29) is 17.0 Å². The number of ether oxygens (including phenoxy) is 2. The maximum atomic E-state index is 13.7. The van der Waals surface area contributed by atoms with Crippen LogP contribution in [0.5, 0.6) is 11.5 Å². The van der Waals surface area contributed by atoms with Crippen LogP contribution in [0.1, 0.15) is 35.5 Å². The number of methoxy groups -OCH3 is 1. The molecule has 10 heteroatoms. The molecule has 9 nitrogen and oxygen atoms in total. The monoisotopic (exact) mass is 554 g/mol. The molecule has 4 heterocycles. The van der Waals surface area contributed by atoms with Gasteiger partial charge in [-0.3, -0.25) is 14.5 Å². The number of amides is 1. The number of Topliss-reactive ketones (excluding diaryl/α,β-unsaturated/α-hetero) is 1. The van der Waals surface area contributed by atoms with Crippen molar-refractivity contribution in [1.29, 1.82) is 0 Å². The lowest BCUT2D eigenvalue weighted by atomic mass is 9.96. The number of pyridine rings is 1. The van der Waals surface area contributed by atoms with E-state index in [1.165, 1.54) is 16.2 Å². The zero-order valence-corrected chi connectivity index (χ0v) is 23.2. The summed E-state index contributed by atoms with van der Waals surface area (Å²) >= 11 is 1.27. The molecule has 0 bridgehead atoms. The Balaban J connectivity index is 1.57. The van der Waals surface area contributed by atoms with Crippen LogP contribution in [0.3, 0.4) is 0 Å². The number of hydrogen-bond donors (Lipinski definition) is 1. The SMILES string of the molecule is CCOc1ccc2nc(N3C(=O)C(=O)C(=C(O)c4nc5c(C)cccn5c4C)C3c3cccc(OC)c3)sc2c1. The van der Waals surface area contributed by atoms with Crippen LogP contribution in [0.4, 0.5) is 5.13 Å². The summed E-state index contributed by atoms with van der Waals surface area (Å²) < 4.78 is 13.7. The number of hydrogen-bond acceptors (Lipinski definition) is 8. The molecule has 0 radical (unpaired) electrons. The highest BCUT2D eigenvalue weighted by Gasteiger charge is 2.48. The highest BCUT2D eigenvalue weighted by molar-refractivity contribution is 7.22. The molecule has 1 aliphatic heterocycles. The van der Waals surface area contributed by atoms with Crippen molar-refractivity contribution in [3.05, 3.63) is 88.9 Å². The van der Waals surface area contributed by atoms with Gasteiger partial charge in [0.2, 0.25) is 0 Å². The third-order valence-corrected chi connectivity index (χ3v) is 8.05. The predicted molar refractivity (Wildman–Crippen MR) is 153 cm³/mol. The first-order valence-electron chi connectivity index (χ1n) is 12.7. The fourth-order valence-corrected chi connectivity index (χ4v) is 6.10. The zero-order valence-electron chi connectivity index (χ0n) is 22.3. The van der Waals surface area contributed by atoms with Crippen LogP contribution in [-0.2, 0) is 9.59 Å². The number of aliphatic hydroxyl groups is 1. The highest BCUT2D eigenvalue weighted by Crippen LogP contribution is 2.45. The van der Waals surface area contributed by atoms with Gasteiger partial charge in [0.25, 0.3) is 5.78 Å². The Kier molecular flexibility index (Phi) is 6.26. The maximum absolute atomic E-state index is 13.7. The molecule has 1 unspecified atom stereocenters. The minimum absolute atomic E-state index is 0.0586. The Labute approximate surface area is 233 Å². The number of benzene rings is 2. The van der Waals surface area contributed by atoms with Crippen molar-refractivity contribution >= 4 is 49.8 Å². The average molecular weight is 555 g/mol. The fourth-order valence-electron chi connectivity index (χ4n) is 5.08. The second-order valence-corrected chi connectivity index (χ2v) is 10.4. The van der Waals surface area contributed by atoms with Crippen molar-refractivity contribution in [3.63, 3.8) is 0 Å². The fraction of sp³-hybridized carbons (Fsp3) is 0.200. The van der Waals surface area contributed by atoms with Crippen molar-refractivity contribution < 1.29 is 24.2 Å². The van der Waals surface area contributed by atoms with E-state index in [1.807, 2.05) is 61.7 Å². The Bertz CT molecular complexity index is 1850. The normalized spacial score (nSPS) is 16.8. The van der Waals surface area contributed by atoms with Crippen LogP contribution in [-0.4, -0.2) is 44.9 Å². The molecule has 1 N–H and O–H groups in total. The van der Waals surface area contributed by atoms with E-state index in [1.54, 1.807) is 31.4 Å². The molecule has 6 rings (SSSR count). The van der Waals surface area contributed by atoms with Crippen molar-refractivity contribution in [3.8, 4) is 11.5 Å². The molecule has 0 saturated carbocycles. The van der Waals surface area contributed by atoms with Crippen LogP contribution in [0.15, 0.2) is 66.4 Å². The number of anilines is 1. The number of aromatic nitrogens is 3. The van der Waals surface area contributed by atoms with E-state index in [0.29, 0.717) is 45.7 Å². The third-order valence-electron chi connectivity index (χ3n) is 7.03. The topological polar surface area (TPSA) is 106 Å². The van der Waals surface area contributed by atoms with Gasteiger partial charge < -0.3 is 19.0 Å². The van der Waals surface area contributed by atoms with Gasteiger partial charge in [0.05, 0.1) is 41.2 Å². The first kappa shape index (κ1) is 25.6. The van der Waals surface area contributed by atoms with Gasteiger partial charge in [-0.2, -0.15) is 0 Å². The number of nitrogens with zero attached hydrogens (tertiary/aromatic N) is 4. The summed E-state index contributed by atoms with van der Waals surface area (Å²) in [5.41, 5.74) is 3.66. The van der Waals surface area contributed by atoms with Crippen molar-refractivity contribution in [1.82, 2.24) is 14.4 Å². The molecule has 2 aromatic carbocycles. The first-order valence-corrected chi connectivity index (χ1v) is 13.6. The molecular weight excluding hydrogens is 528 g/mol. The largest absolute Gasteiger partial charge is 0.505 e. The number of aryl methyl sites for hydroxylation is 2. The molecule has 0 aliphatic carbocycles. The summed E-state index contributed by atoms with van der Waals surface area (Å²) in [6.07, 6.45) is 1.84. The molecule has 1 fully saturated rings. The molecule has 5 aromatic rings. The number of imidazole rings is 1. The summed E-state index contributed by atoms with van der Waals surface area (Å²) in [6.45, 7) is 6.16. The van der Waals surface area contributed by atoms with Gasteiger partial charge in [-0.15, -0.1) is 0 Å². The molecule has 40 heavy (non-hydrogen) atoms. The van der Waals surface area contributed by atoms with E-state index in [2.05, 4.69) is 4.98 Å². The number of thiazole rings is 1. The number of carbonyl (C=O) groups excluding carboxylic acids is 2. The first-order chi connectivity index (χ1) is 19.3. The minimum atomic E-state index is -0.952. The van der Waals surface area contributed by atoms with Crippen molar-refractivity contribution in [2.75, 3.05) is 18.6 Å². The molecule has 3 aromatic heterocycles. The Hall–Kier alpha value is -4.70. The van der Waals surface area contributed by atoms with Crippen LogP contribution in [0.2, 0.25) is 0 Å². The van der Waals surface area contributed by atoms with E-state index in [9.17, 15) is 14.7 Å². The van der Waals surface area contributed by atoms with Gasteiger partial charge in [0, 0.05) is 6.20 Å². The molecule has 0 spiro atoms. The second kappa shape index (κ2) is 9.80. The lowest BCUT2D eigenvalue weighted by molar-refractivity contribution is -0.132. The van der Waals surface area contributed by atoms with Gasteiger partial charge in [-0.1, -0.05) is 29.5 Å². The van der Waals surface area contributed by atoms with Gasteiger partial charge in [0.15, 0.2) is 10.9 Å². The van der Waals surface area contributed by atoms with E-state index in [0.717, 1.165) is 10.3 Å². The summed E-state index contributed by atoms with van der Waals surface area (Å²) in [6, 6.07) is 15.4. The number of ketones is 1. The summed E-state index contributed by atoms with van der Waals surface area (Å²) in [7, 11) is 1.54. The van der Waals surface area contributed by atoms with Gasteiger partial charge >= 0.3 is 5.91 Å². The van der Waals surface area contributed by atoms with Crippen LogP contribution >= 0.6 is 11.3 Å². The number of rotatable bonds is 6. The molecule has 1 amide bonds. The third kappa shape index (κ3) is 3.99. The minimum Gasteiger partial charge on any atom is -0.505 e. The van der Waals surface area contributed by atoms with Crippen LogP contribution in [0, 0.1) is 13.8 Å². The Morgan fingerprint density at radius 2 is 1.88 bits per heavy atom. The van der Waals surface area contributed by atoms with Gasteiger partial charge in [0.1, 0.15) is 22.8 Å². The Morgan fingerprint density at radius 1 is 1.05 bits per heavy atom. The second-order valence-electron chi connectivity index (χ2n) is 9.44. The molecule has 202 valence electrons. The molecule has 1 atom stereocenters. The molecular formula is C30H26N4O5S. The predicted octanol–water partition coefficient (Wildman–Crippen LogP) is 5.59. The van der Waals surface area contributed by atoms with Crippen molar-refractivity contribution in [2.24, 2.45) is 0 Å². The van der Waals surface area contributed by atoms with E-state index in [4.69, 9.17) is 14.5 Å². The summed E-state index contributed by atoms with van der Waals surface area (Å²) in [5, 5.41) is 12.0. The smallest absolute Gasteiger partial charge is 0.301 e. The van der Waals surface area contributed by atoms with Crippen molar-refractivity contribution in [2.45, 2.75) is 26.8 Å². The van der Waals surface area contributed by atoms with Crippen LogP contribution < -0.4 is 14.4 Å². The highest BCUT2D eigenvalue weighted by atomic mass is 32.1. The van der Waals surface area contributed by atoms with E-state index >= 15 is 0 Å². The lowest BCUT2D eigenvalue weighted by Gasteiger charge is -2.23. The Morgan fingerprint density at radius 3 is 2.62 bits per heavy atom. The average Bonchev–Trinajstić information content (AvgIpc) is 3.61. The summed E-state index contributed by atoms with van der Waals surface area (Å²) in [4.78, 5) is 38.0. The standard InChI is InChI=1S/C30H26N4O5S/c1-5-39-20-11-12-21-22(15-20)40-30(31-21)34-25(18-9-6-10-19(14-18)38-4)23(27(36)29(34)37)26(35)24-17(3)33-13-7-8-16(2)28(33)32-24/h6-15,25,35H,5H2,1-4H3. The van der Waals surface area contributed by atoms with Gasteiger partial charge in [-0.05, 0) is 68.3 Å². The molecule has 1 aliphatic rings. The van der Waals surface area contributed by atoms with Crippen LogP contribution in [0.25, 0.3) is 21.6 Å². The number of fused-ring (bicyclic) bond motifs is 2.